The van der Waals surface area contributed by atoms with Crippen molar-refractivity contribution in [3.8, 4) is 0 Å². The minimum absolute atomic E-state index is 0.0992. The van der Waals surface area contributed by atoms with Crippen LogP contribution in [0.1, 0.15) is 18.4 Å². The monoisotopic (exact) mass is 434 g/mol. The number of carbonyl (C=O) groups excluding carboxylic acids is 1. The predicted octanol–water partition coefficient (Wildman–Crippen LogP) is 2.49. The van der Waals surface area contributed by atoms with Gasteiger partial charge in [0.15, 0.2) is 15.0 Å². The molecule has 11 heteroatoms. The average Bonchev–Trinajstić information content (AvgIpc) is 3.28. The first-order valence-corrected chi connectivity index (χ1v) is 11.4. The number of benzene rings is 1. The molecule has 3 aliphatic heterocycles. The third-order valence-electron chi connectivity index (χ3n) is 4.95. The Morgan fingerprint density at radius 3 is 2.68 bits per heavy atom. The van der Waals surface area contributed by atoms with Gasteiger partial charge in [-0.2, -0.15) is 18.2 Å². The van der Waals surface area contributed by atoms with Gasteiger partial charge in [0, 0.05) is 11.9 Å². The zero-order valence-electron chi connectivity index (χ0n) is 14.6. The molecule has 0 N–H and O–H groups in total. The maximum Gasteiger partial charge on any atom is 0.418 e. The first kappa shape index (κ1) is 19.7. The van der Waals surface area contributed by atoms with Crippen molar-refractivity contribution in [2.45, 2.75) is 36.4 Å². The Bertz CT molecular complexity index is 927. The van der Waals surface area contributed by atoms with Gasteiger partial charge in [-0.25, -0.2) is 8.42 Å². The van der Waals surface area contributed by atoms with E-state index >= 15 is 0 Å². The van der Waals surface area contributed by atoms with Crippen molar-refractivity contribution >= 4 is 38.4 Å². The number of hydrogen-bond donors (Lipinski definition) is 0. The molecule has 0 aromatic heterocycles. The van der Waals surface area contributed by atoms with E-state index in [1.807, 2.05) is 0 Å². The number of amidine groups is 1. The van der Waals surface area contributed by atoms with Crippen molar-refractivity contribution in [3.63, 3.8) is 0 Å². The van der Waals surface area contributed by atoms with Gasteiger partial charge < -0.3 is 9.64 Å². The van der Waals surface area contributed by atoms with Crippen LogP contribution in [0.5, 0.6) is 0 Å². The van der Waals surface area contributed by atoms with Crippen molar-refractivity contribution in [2.75, 3.05) is 23.0 Å². The first-order chi connectivity index (χ1) is 13.2. The highest BCUT2D eigenvalue weighted by atomic mass is 32.2. The highest BCUT2D eigenvalue weighted by molar-refractivity contribution is 8.16. The zero-order chi connectivity index (χ0) is 20.1. The average molecular weight is 434 g/mol. The predicted molar refractivity (Wildman–Crippen MR) is 99.2 cm³/mol. The number of amides is 1. The Kier molecular flexibility index (Phi) is 4.95. The molecule has 1 amide bonds. The number of thioether (sulfide) groups is 1. The lowest BCUT2D eigenvalue weighted by atomic mass is 10.1. The van der Waals surface area contributed by atoms with Gasteiger partial charge in [-0.05, 0) is 25.0 Å². The Labute approximate surface area is 164 Å². The highest BCUT2D eigenvalue weighted by Crippen LogP contribution is 2.45. The maximum atomic E-state index is 13.6. The number of para-hydroxylation sites is 1. The third kappa shape index (κ3) is 3.67. The molecule has 1 aromatic rings. The number of alkyl halides is 3. The van der Waals surface area contributed by atoms with Crippen LogP contribution in [-0.4, -0.2) is 55.0 Å². The van der Waals surface area contributed by atoms with E-state index in [0.717, 1.165) is 24.2 Å². The standard InChI is InChI=1S/C17H17F3N2O4S2/c18-17(19,20)10-4-1-2-5-11(10)22-12-8-28(24,25)9-14(12)27-16(22)21-15(23)13-6-3-7-26-13/h1-2,4-5,12-14H,3,6-9H2/t12-,13+,14-/m0/s1. The number of hydrogen-bond acceptors (Lipinski definition) is 5. The van der Waals surface area contributed by atoms with Crippen molar-refractivity contribution < 1.29 is 31.1 Å². The van der Waals surface area contributed by atoms with Crippen molar-refractivity contribution in [1.82, 2.24) is 0 Å². The number of fused-ring (bicyclic) bond motifs is 1. The topological polar surface area (TPSA) is 76.0 Å². The number of anilines is 1. The van der Waals surface area contributed by atoms with Crippen LogP contribution in [0.3, 0.4) is 0 Å². The molecule has 0 aliphatic carbocycles. The second-order valence-corrected chi connectivity index (χ2v) is 10.3. The lowest BCUT2D eigenvalue weighted by molar-refractivity contribution is -0.137. The van der Waals surface area contributed by atoms with Crippen molar-refractivity contribution in [3.05, 3.63) is 29.8 Å². The van der Waals surface area contributed by atoms with Crippen LogP contribution >= 0.6 is 11.8 Å². The number of nitrogens with zero attached hydrogens (tertiary/aromatic N) is 2. The van der Waals surface area contributed by atoms with E-state index < -0.39 is 44.9 Å². The summed E-state index contributed by atoms with van der Waals surface area (Å²) in [5.41, 5.74) is -1.08. The van der Waals surface area contributed by atoms with Crippen molar-refractivity contribution in [2.24, 2.45) is 4.99 Å². The molecule has 3 saturated heterocycles. The Morgan fingerprint density at radius 2 is 2.00 bits per heavy atom. The number of rotatable bonds is 2. The molecule has 0 radical (unpaired) electrons. The van der Waals surface area contributed by atoms with E-state index in [4.69, 9.17) is 4.74 Å². The van der Waals surface area contributed by atoms with E-state index in [-0.39, 0.29) is 22.4 Å². The fourth-order valence-electron chi connectivity index (χ4n) is 3.71. The summed E-state index contributed by atoms with van der Waals surface area (Å²) < 4.78 is 70.1. The fraction of sp³-hybridized carbons (Fsp3) is 0.529. The van der Waals surface area contributed by atoms with Gasteiger partial charge in [-0.3, -0.25) is 4.79 Å². The van der Waals surface area contributed by atoms with E-state index in [0.29, 0.717) is 13.0 Å². The largest absolute Gasteiger partial charge is 0.418 e. The second-order valence-electron chi connectivity index (χ2n) is 6.92. The Balaban J connectivity index is 1.77. The zero-order valence-corrected chi connectivity index (χ0v) is 16.2. The number of halogens is 3. The van der Waals surface area contributed by atoms with E-state index in [1.54, 1.807) is 0 Å². The van der Waals surface area contributed by atoms with Crippen LogP contribution < -0.4 is 4.90 Å². The summed E-state index contributed by atoms with van der Waals surface area (Å²) in [5.74, 6) is -0.971. The fourth-order valence-corrected chi connectivity index (χ4v) is 7.62. The molecule has 4 rings (SSSR count). The molecule has 3 atom stereocenters. The molecule has 3 heterocycles. The molecule has 0 bridgehead atoms. The summed E-state index contributed by atoms with van der Waals surface area (Å²) in [4.78, 5) is 17.7. The summed E-state index contributed by atoms with van der Waals surface area (Å²) in [6.07, 6.45) is -4.09. The van der Waals surface area contributed by atoms with Gasteiger partial charge in [-0.1, -0.05) is 23.9 Å². The van der Waals surface area contributed by atoms with Crippen LogP contribution in [0.4, 0.5) is 18.9 Å². The smallest absolute Gasteiger partial charge is 0.368 e. The second kappa shape index (κ2) is 7.03. The molecule has 1 aromatic carbocycles. The van der Waals surface area contributed by atoms with E-state index in [9.17, 15) is 26.4 Å². The maximum absolute atomic E-state index is 13.6. The van der Waals surface area contributed by atoms with E-state index in [1.165, 1.54) is 23.1 Å². The molecule has 3 fully saturated rings. The van der Waals surface area contributed by atoms with Gasteiger partial charge in [0.2, 0.25) is 0 Å². The highest BCUT2D eigenvalue weighted by Gasteiger charge is 2.51. The number of carbonyl (C=O) groups is 1. The molecule has 3 aliphatic rings. The number of sulfone groups is 1. The van der Waals surface area contributed by atoms with Crippen LogP contribution in [0.2, 0.25) is 0 Å². The normalized spacial score (nSPS) is 30.8. The quantitative estimate of drug-likeness (QED) is 0.712. The number of ether oxygens (including phenoxy) is 1. The molecule has 0 unspecified atom stereocenters. The summed E-state index contributed by atoms with van der Waals surface area (Å²) in [7, 11) is -3.37. The minimum atomic E-state index is -4.62. The summed E-state index contributed by atoms with van der Waals surface area (Å²) in [6, 6.07) is 4.24. The molecule has 0 saturated carbocycles. The third-order valence-corrected chi connectivity index (χ3v) is 8.16. The Hall–Kier alpha value is -1.59. The lowest BCUT2D eigenvalue weighted by Crippen LogP contribution is -2.39. The summed E-state index contributed by atoms with van der Waals surface area (Å²) >= 11 is 1.05. The van der Waals surface area contributed by atoms with Crippen LogP contribution in [0, 0.1) is 0 Å². The van der Waals surface area contributed by atoms with E-state index in [2.05, 4.69) is 4.99 Å². The molecule has 6 nitrogen and oxygen atoms in total. The summed E-state index contributed by atoms with van der Waals surface area (Å²) in [6.45, 7) is 0.443. The SMILES string of the molecule is O=C(N=C1S[C@H]2CS(=O)(=O)C[C@@H]2N1c1ccccc1C(F)(F)F)[C@H]1CCCO1. The minimum Gasteiger partial charge on any atom is -0.368 e. The van der Waals surface area contributed by atoms with Crippen LogP contribution in [-0.2, 0) is 25.5 Å². The molecular formula is C17H17F3N2O4S2. The molecule has 28 heavy (non-hydrogen) atoms. The van der Waals surface area contributed by atoms with Gasteiger partial charge in [0.25, 0.3) is 5.91 Å². The van der Waals surface area contributed by atoms with Gasteiger partial charge in [0.05, 0.1) is 28.8 Å². The molecule has 0 spiro atoms. The van der Waals surface area contributed by atoms with Crippen molar-refractivity contribution in [1.29, 1.82) is 0 Å². The molecule has 152 valence electrons. The van der Waals surface area contributed by atoms with Crippen LogP contribution in [0.15, 0.2) is 29.3 Å². The molecular weight excluding hydrogens is 417 g/mol. The summed E-state index contributed by atoms with van der Waals surface area (Å²) in [5, 5.41) is -0.371. The Morgan fingerprint density at radius 1 is 1.25 bits per heavy atom. The first-order valence-electron chi connectivity index (χ1n) is 8.72. The van der Waals surface area contributed by atoms with Gasteiger partial charge in [0.1, 0.15) is 6.10 Å². The van der Waals surface area contributed by atoms with Crippen LogP contribution in [0.25, 0.3) is 0 Å². The van der Waals surface area contributed by atoms with Gasteiger partial charge in [-0.15, -0.1) is 0 Å². The van der Waals surface area contributed by atoms with Gasteiger partial charge >= 0.3 is 6.18 Å². The lowest BCUT2D eigenvalue weighted by Gasteiger charge is -2.27. The number of aliphatic imine (C=N–C) groups is 1.